The van der Waals surface area contributed by atoms with E-state index in [2.05, 4.69) is 16.9 Å². The van der Waals surface area contributed by atoms with Crippen LogP contribution in [0.3, 0.4) is 0 Å². The van der Waals surface area contributed by atoms with Crippen molar-refractivity contribution in [2.75, 3.05) is 5.75 Å². The van der Waals surface area contributed by atoms with Gasteiger partial charge < -0.3 is 0 Å². The lowest BCUT2D eigenvalue weighted by atomic mass is 10.4. The molecule has 0 saturated heterocycles. The fourth-order valence-corrected chi connectivity index (χ4v) is 2.10. The van der Waals surface area contributed by atoms with Crippen LogP contribution in [-0.2, 0) is 0 Å². The van der Waals surface area contributed by atoms with E-state index in [9.17, 15) is 0 Å². The highest BCUT2D eigenvalue weighted by Gasteiger charge is 1.99. The molecular weight excluding hydrogens is 260 g/mol. The number of aromatic nitrogens is 2. The minimum atomic E-state index is 0. The molecule has 0 aromatic carbocycles. The van der Waals surface area contributed by atoms with Crippen LogP contribution in [0.1, 0.15) is 31.2 Å². The molecule has 80 valence electrons. The summed E-state index contributed by atoms with van der Waals surface area (Å²) in [4.78, 5) is 8.72. The molecule has 0 unspecified atom stereocenters. The van der Waals surface area contributed by atoms with Crippen molar-refractivity contribution >= 4 is 28.7 Å². The Kier molecular flexibility index (Phi) is 7.19. The minimum Gasteiger partial charge on any atom is -0.228 e. The maximum absolute atomic E-state index is 4.36. The van der Waals surface area contributed by atoms with E-state index < -0.39 is 0 Å². The summed E-state index contributed by atoms with van der Waals surface area (Å²) in [5.41, 5.74) is 2.12. The molecule has 4 heteroatoms. The van der Waals surface area contributed by atoms with E-state index in [1.165, 1.54) is 12.8 Å². The van der Waals surface area contributed by atoms with Crippen LogP contribution in [0.5, 0.6) is 0 Å². The Balaban J connectivity index is 0.00000169. The summed E-state index contributed by atoms with van der Waals surface area (Å²) in [5, 5.41) is 0.922. The zero-order valence-corrected chi connectivity index (χ0v) is 11.4. The SMILES string of the molecule is Br.CCCCSc1nc(C)cc(C)n1. The Hall–Kier alpha value is -0.0900. The average molecular weight is 277 g/mol. The monoisotopic (exact) mass is 276 g/mol. The third-order valence-corrected chi connectivity index (χ3v) is 2.62. The minimum absolute atomic E-state index is 0. The van der Waals surface area contributed by atoms with Crippen LogP contribution < -0.4 is 0 Å². The molecule has 0 aliphatic rings. The zero-order valence-electron chi connectivity index (χ0n) is 8.91. The molecule has 0 amide bonds. The van der Waals surface area contributed by atoms with Crippen molar-refractivity contribution in [2.24, 2.45) is 0 Å². The number of rotatable bonds is 4. The van der Waals surface area contributed by atoms with Gasteiger partial charge in [0.2, 0.25) is 0 Å². The average Bonchev–Trinajstić information content (AvgIpc) is 2.03. The van der Waals surface area contributed by atoms with Gasteiger partial charge in [0, 0.05) is 17.1 Å². The molecule has 0 atom stereocenters. The molecule has 0 N–H and O–H groups in total. The molecule has 0 aliphatic carbocycles. The van der Waals surface area contributed by atoms with E-state index in [1.807, 2.05) is 19.9 Å². The van der Waals surface area contributed by atoms with Crippen LogP contribution in [0.4, 0.5) is 0 Å². The second-order valence-electron chi connectivity index (χ2n) is 3.14. The van der Waals surface area contributed by atoms with Crippen molar-refractivity contribution in [1.29, 1.82) is 0 Å². The van der Waals surface area contributed by atoms with Crippen LogP contribution in [0.25, 0.3) is 0 Å². The number of thioether (sulfide) groups is 1. The van der Waals surface area contributed by atoms with Gasteiger partial charge in [-0.25, -0.2) is 9.97 Å². The molecule has 1 heterocycles. The Bertz CT molecular complexity index is 259. The lowest BCUT2D eigenvalue weighted by Gasteiger charge is -2.01. The van der Waals surface area contributed by atoms with E-state index in [4.69, 9.17) is 0 Å². The molecule has 1 aromatic rings. The highest BCUT2D eigenvalue weighted by Crippen LogP contribution is 2.15. The summed E-state index contributed by atoms with van der Waals surface area (Å²) in [7, 11) is 0. The molecule has 0 fully saturated rings. The van der Waals surface area contributed by atoms with Gasteiger partial charge in [-0.05, 0) is 26.3 Å². The van der Waals surface area contributed by atoms with Crippen molar-refractivity contribution < 1.29 is 0 Å². The largest absolute Gasteiger partial charge is 0.228 e. The van der Waals surface area contributed by atoms with Crippen LogP contribution >= 0.6 is 28.7 Å². The van der Waals surface area contributed by atoms with Gasteiger partial charge in [-0.15, -0.1) is 17.0 Å². The number of halogens is 1. The first-order valence-electron chi connectivity index (χ1n) is 4.67. The van der Waals surface area contributed by atoms with Crippen molar-refractivity contribution in [1.82, 2.24) is 9.97 Å². The maximum atomic E-state index is 4.36. The van der Waals surface area contributed by atoms with Gasteiger partial charge in [-0.2, -0.15) is 0 Å². The fraction of sp³-hybridized carbons (Fsp3) is 0.600. The van der Waals surface area contributed by atoms with Crippen LogP contribution in [0.15, 0.2) is 11.2 Å². The van der Waals surface area contributed by atoms with E-state index >= 15 is 0 Å². The molecule has 2 nitrogen and oxygen atoms in total. The Labute approximate surface area is 101 Å². The van der Waals surface area contributed by atoms with E-state index in [1.54, 1.807) is 11.8 Å². The van der Waals surface area contributed by atoms with Gasteiger partial charge >= 0.3 is 0 Å². The number of hydrogen-bond acceptors (Lipinski definition) is 3. The van der Waals surface area contributed by atoms with Crippen LogP contribution in [-0.4, -0.2) is 15.7 Å². The lowest BCUT2D eigenvalue weighted by molar-refractivity contribution is 0.875. The summed E-state index contributed by atoms with van der Waals surface area (Å²) in [6, 6.07) is 2.00. The van der Waals surface area contributed by atoms with Gasteiger partial charge in [0.25, 0.3) is 0 Å². The van der Waals surface area contributed by atoms with Gasteiger partial charge in [-0.3, -0.25) is 0 Å². The standard InChI is InChI=1S/C10H16N2S.BrH/c1-4-5-6-13-10-11-8(2)7-9(3)12-10;/h7H,4-6H2,1-3H3;1H. The number of hydrogen-bond donors (Lipinski definition) is 0. The molecule has 0 radical (unpaired) electrons. The van der Waals surface area contributed by atoms with Crippen molar-refractivity contribution in [3.63, 3.8) is 0 Å². The van der Waals surface area contributed by atoms with Gasteiger partial charge in [0.1, 0.15) is 0 Å². The predicted octanol–water partition coefficient (Wildman–Crippen LogP) is 3.56. The Morgan fingerprint density at radius 2 is 1.79 bits per heavy atom. The van der Waals surface area contributed by atoms with Gasteiger partial charge in [-0.1, -0.05) is 25.1 Å². The fourth-order valence-electron chi connectivity index (χ4n) is 1.07. The molecule has 1 aromatic heterocycles. The number of nitrogens with zero attached hydrogens (tertiary/aromatic N) is 2. The third-order valence-electron chi connectivity index (χ3n) is 1.69. The summed E-state index contributed by atoms with van der Waals surface area (Å²) in [5.74, 6) is 1.12. The molecule has 14 heavy (non-hydrogen) atoms. The summed E-state index contributed by atoms with van der Waals surface area (Å²) in [6.07, 6.45) is 2.47. The van der Waals surface area contributed by atoms with Crippen LogP contribution in [0.2, 0.25) is 0 Å². The number of aryl methyl sites for hydroxylation is 2. The van der Waals surface area contributed by atoms with E-state index in [0.29, 0.717) is 0 Å². The molecule has 1 rings (SSSR count). The second kappa shape index (κ2) is 7.23. The first kappa shape index (κ1) is 13.9. The summed E-state index contributed by atoms with van der Waals surface area (Å²) < 4.78 is 0. The molecule has 0 spiro atoms. The van der Waals surface area contributed by atoms with Gasteiger partial charge in [0.05, 0.1) is 0 Å². The predicted molar refractivity (Wildman–Crippen MR) is 67.5 cm³/mol. The first-order valence-corrected chi connectivity index (χ1v) is 5.66. The van der Waals surface area contributed by atoms with Crippen molar-refractivity contribution in [3.8, 4) is 0 Å². The maximum Gasteiger partial charge on any atom is 0.187 e. The Morgan fingerprint density at radius 1 is 1.21 bits per heavy atom. The quantitative estimate of drug-likeness (QED) is 0.478. The smallest absolute Gasteiger partial charge is 0.187 e. The molecule has 0 saturated carbocycles. The topological polar surface area (TPSA) is 25.8 Å². The molecular formula is C10H17BrN2S. The highest BCUT2D eigenvalue weighted by atomic mass is 79.9. The van der Waals surface area contributed by atoms with Gasteiger partial charge in [0.15, 0.2) is 5.16 Å². The summed E-state index contributed by atoms with van der Waals surface area (Å²) in [6.45, 7) is 6.22. The zero-order chi connectivity index (χ0) is 9.68. The van der Waals surface area contributed by atoms with E-state index in [0.717, 1.165) is 22.3 Å². The summed E-state index contributed by atoms with van der Waals surface area (Å²) >= 11 is 1.75. The lowest BCUT2D eigenvalue weighted by Crippen LogP contribution is -1.93. The molecule has 0 aliphatic heterocycles. The highest BCUT2D eigenvalue weighted by molar-refractivity contribution is 8.93. The Morgan fingerprint density at radius 3 is 2.29 bits per heavy atom. The third kappa shape index (κ3) is 4.96. The second-order valence-corrected chi connectivity index (χ2v) is 4.20. The van der Waals surface area contributed by atoms with Crippen molar-refractivity contribution in [3.05, 3.63) is 17.5 Å². The normalized spacial score (nSPS) is 9.64. The van der Waals surface area contributed by atoms with Crippen molar-refractivity contribution in [2.45, 2.75) is 38.8 Å². The van der Waals surface area contributed by atoms with Crippen LogP contribution in [0, 0.1) is 13.8 Å². The van der Waals surface area contributed by atoms with E-state index in [-0.39, 0.29) is 17.0 Å². The first-order chi connectivity index (χ1) is 6.22. The number of unbranched alkanes of at least 4 members (excludes halogenated alkanes) is 1. The molecule has 0 bridgehead atoms.